The molecule has 0 bridgehead atoms. The van der Waals surface area contributed by atoms with Gasteiger partial charge in [-0.1, -0.05) is 0 Å². The molecule has 2 aromatic rings. The molecular formula is C15H18BrF3N4O. The average Bonchev–Trinajstić information content (AvgIpc) is 2.87. The summed E-state index contributed by atoms with van der Waals surface area (Å²) >= 11 is 3.32. The third-order valence-corrected chi connectivity index (χ3v) is 4.99. The molecule has 1 aliphatic rings. The van der Waals surface area contributed by atoms with E-state index in [0.29, 0.717) is 35.7 Å². The second-order valence-electron chi connectivity index (χ2n) is 6.47. The van der Waals surface area contributed by atoms with Crippen LogP contribution in [0.15, 0.2) is 16.7 Å². The van der Waals surface area contributed by atoms with Crippen LogP contribution in [0.5, 0.6) is 0 Å². The van der Waals surface area contributed by atoms with E-state index in [-0.39, 0.29) is 11.7 Å². The van der Waals surface area contributed by atoms with E-state index in [0.717, 1.165) is 13.8 Å². The number of alkyl halides is 3. The van der Waals surface area contributed by atoms with Gasteiger partial charge in [-0.25, -0.2) is 9.50 Å². The van der Waals surface area contributed by atoms with Crippen LogP contribution in [0.1, 0.15) is 26.5 Å². The van der Waals surface area contributed by atoms with Gasteiger partial charge in [0.05, 0.1) is 35.6 Å². The normalized spacial score (nSPS) is 20.0. The molecule has 132 valence electrons. The summed E-state index contributed by atoms with van der Waals surface area (Å²) in [4.78, 5) is 6.49. The van der Waals surface area contributed by atoms with Gasteiger partial charge >= 0.3 is 6.18 Å². The second-order valence-corrected chi connectivity index (χ2v) is 7.32. The maximum atomic E-state index is 13.6. The highest BCUT2D eigenvalue weighted by Crippen LogP contribution is 2.41. The first-order chi connectivity index (χ1) is 11.1. The molecule has 0 unspecified atom stereocenters. The lowest BCUT2D eigenvalue weighted by atomic mass is 9.88. The Hall–Kier alpha value is -1.35. The largest absolute Gasteiger partial charge is 0.399 e. The van der Waals surface area contributed by atoms with Crippen molar-refractivity contribution in [3.05, 3.63) is 22.4 Å². The summed E-state index contributed by atoms with van der Waals surface area (Å²) in [5.41, 5.74) is -1.64. The molecule has 1 saturated heterocycles. The first-order valence-electron chi connectivity index (χ1n) is 7.59. The number of ether oxygens (including phenoxy) is 1. The Bertz CT molecular complexity index is 759. The van der Waals surface area contributed by atoms with Crippen LogP contribution in [0.2, 0.25) is 0 Å². The maximum Gasteiger partial charge on any atom is 0.399 e. The van der Waals surface area contributed by atoms with Gasteiger partial charge in [0.25, 0.3) is 0 Å². The van der Waals surface area contributed by atoms with Crippen molar-refractivity contribution in [3.63, 3.8) is 0 Å². The van der Waals surface area contributed by atoms with Gasteiger partial charge in [-0.15, -0.1) is 0 Å². The predicted octanol–water partition coefficient (Wildman–Crippen LogP) is 3.56. The standard InChI is InChI=1S/C15H18BrF3N4O/c1-9-8-24-5-4-22(9)12-6-11(14(2,3)15(17,18)19)23-13(21-12)10(16)7-20-23/h6-7,9H,4-5,8H2,1-3H3/t9-/m1/s1. The molecule has 0 amide bonds. The summed E-state index contributed by atoms with van der Waals surface area (Å²) in [6, 6.07) is 1.53. The summed E-state index contributed by atoms with van der Waals surface area (Å²) < 4.78 is 48.0. The van der Waals surface area contributed by atoms with Crippen molar-refractivity contribution in [2.45, 2.75) is 38.4 Å². The number of fused-ring (bicyclic) bond motifs is 1. The molecule has 5 nitrogen and oxygen atoms in total. The molecule has 0 saturated carbocycles. The van der Waals surface area contributed by atoms with Crippen LogP contribution in [-0.4, -0.2) is 46.6 Å². The average molecular weight is 407 g/mol. The number of morpholine rings is 1. The molecule has 24 heavy (non-hydrogen) atoms. The third kappa shape index (κ3) is 2.77. The lowest BCUT2D eigenvalue weighted by molar-refractivity contribution is -0.181. The number of rotatable bonds is 2. The van der Waals surface area contributed by atoms with E-state index in [4.69, 9.17) is 4.74 Å². The van der Waals surface area contributed by atoms with E-state index < -0.39 is 11.6 Å². The fourth-order valence-corrected chi connectivity index (χ4v) is 3.08. The molecule has 0 aromatic carbocycles. The Kier molecular flexibility index (Phi) is 4.28. The Balaban J connectivity index is 2.21. The highest BCUT2D eigenvalue weighted by atomic mass is 79.9. The topological polar surface area (TPSA) is 42.7 Å². The van der Waals surface area contributed by atoms with Crippen molar-refractivity contribution in [1.82, 2.24) is 14.6 Å². The van der Waals surface area contributed by atoms with E-state index in [1.807, 2.05) is 11.8 Å². The highest BCUT2D eigenvalue weighted by Gasteiger charge is 2.50. The van der Waals surface area contributed by atoms with Crippen molar-refractivity contribution >= 4 is 27.4 Å². The number of anilines is 1. The third-order valence-electron chi connectivity index (χ3n) is 4.43. The first kappa shape index (κ1) is 17.5. The summed E-state index contributed by atoms with van der Waals surface area (Å²) in [6.45, 7) is 5.90. The molecule has 1 aliphatic heterocycles. The number of nitrogens with zero attached hydrogens (tertiary/aromatic N) is 4. The van der Waals surface area contributed by atoms with Gasteiger partial charge in [0, 0.05) is 12.6 Å². The second kappa shape index (κ2) is 5.87. The molecular weight excluding hydrogens is 389 g/mol. The van der Waals surface area contributed by atoms with Gasteiger partial charge in [-0.3, -0.25) is 0 Å². The Morgan fingerprint density at radius 2 is 2.04 bits per heavy atom. The van der Waals surface area contributed by atoms with E-state index in [9.17, 15) is 13.2 Å². The number of hydrogen-bond acceptors (Lipinski definition) is 4. The lowest BCUT2D eigenvalue weighted by Crippen LogP contribution is -2.45. The smallest absolute Gasteiger partial charge is 0.377 e. The van der Waals surface area contributed by atoms with E-state index in [1.165, 1.54) is 16.8 Å². The van der Waals surface area contributed by atoms with Crippen LogP contribution < -0.4 is 4.90 Å². The molecule has 0 N–H and O–H groups in total. The van der Waals surface area contributed by atoms with Gasteiger partial charge < -0.3 is 9.64 Å². The fraction of sp³-hybridized carbons (Fsp3) is 0.600. The Morgan fingerprint density at radius 1 is 1.33 bits per heavy atom. The van der Waals surface area contributed by atoms with Crippen LogP contribution in [0.3, 0.4) is 0 Å². The Morgan fingerprint density at radius 3 is 2.67 bits per heavy atom. The lowest BCUT2D eigenvalue weighted by Gasteiger charge is -2.35. The van der Waals surface area contributed by atoms with Crippen molar-refractivity contribution < 1.29 is 17.9 Å². The van der Waals surface area contributed by atoms with E-state index in [1.54, 1.807) is 0 Å². The minimum atomic E-state index is -4.41. The zero-order valence-corrected chi connectivity index (χ0v) is 15.1. The molecule has 3 rings (SSSR count). The number of aromatic nitrogens is 3. The summed E-state index contributed by atoms with van der Waals surface area (Å²) in [5, 5.41) is 4.07. The maximum absolute atomic E-state index is 13.6. The molecule has 3 heterocycles. The van der Waals surface area contributed by atoms with Crippen LogP contribution in [-0.2, 0) is 10.2 Å². The molecule has 0 aliphatic carbocycles. The monoisotopic (exact) mass is 406 g/mol. The van der Waals surface area contributed by atoms with Gasteiger partial charge in [0.2, 0.25) is 0 Å². The number of halogens is 4. The summed E-state index contributed by atoms with van der Waals surface area (Å²) in [5.74, 6) is 0.506. The van der Waals surface area contributed by atoms with Crippen molar-refractivity contribution in [3.8, 4) is 0 Å². The minimum absolute atomic E-state index is 0.0391. The zero-order valence-electron chi connectivity index (χ0n) is 13.6. The van der Waals surface area contributed by atoms with Crippen molar-refractivity contribution in [2.24, 2.45) is 0 Å². The van der Waals surface area contributed by atoms with Crippen LogP contribution >= 0.6 is 15.9 Å². The van der Waals surface area contributed by atoms with Crippen molar-refractivity contribution in [1.29, 1.82) is 0 Å². The highest BCUT2D eigenvalue weighted by molar-refractivity contribution is 9.10. The van der Waals surface area contributed by atoms with E-state index in [2.05, 4.69) is 26.0 Å². The van der Waals surface area contributed by atoms with E-state index >= 15 is 0 Å². The van der Waals surface area contributed by atoms with Gasteiger partial charge in [-0.2, -0.15) is 18.3 Å². The molecule has 0 spiro atoms. The van der Waals surface area contributed by atoms with Gasteiger partial charge in [0.15, 0.2) is 5.65 Å². The summed E-state index contributed by atoms with van der Waals surface area (Å²) in [6.07, 6.45) is -2.95. The summed E-state index contributed by atoms with van der Waals surface area (Å²) in [7, 11) is 0. The molecule has 9 heteroatoms. The number of hydrogen-bond donors (Lipinski definition) is 0. The predicted molar refractivity (Wildman–Crippen MR) is 87.4 cm³/mol. The van der Waals surface area contributed by atoms with Gasteiger partial charge in [0.1, 0.15) is 11.2 Å². The molecule has 1 fully saturated rings. The Labute approximate surface area is 145 Å². The van der Waals surface area contributed by atoms with Crippen LogP contribution in [0, 0.1) is 0 Å². The molecule has 2 aromatic heterocycles. The first-order valence-corrected chi connectivity index (χ1v) is 8.38. The fourth-order valence-electron chi connectivity index (χ4n) is 2.73. The van der Waals surface area contributed by atoms with Crippen LogP contribution in [0.4, 0.5) is 19.0 Å². The minimum Gasteiger partial charge on any atom is -0.377 e. The zero-order chi connectivity index (χ0) is 17.7. The quantitative estimate of drug-likeness (QED) is 0.764. The van der Waals surface area contributed by atoms with Gasteiger partial charge in [-0.05, 0) is 36.7 Å². The SMILES string of the molecule is C[C@@H]1COCCN1c1cc(C(C)(C)C(F)(F)F)n2ncc(Br)c2n1. The van der Waals surface area contributed by atoms with Crippen molar-refractivity contribution in [2.75, 3.05) is 24.7 Å². The molecule has 0 radical (unpaired) electrons. The molecule has 1 atom stereocenters. The van der Waals surface area contributed by atoms with Crippen LogP contribution in [0.25, 0.3) is 5.65 Å².